The van der Waals surface area contributed by atoms with Crippen molar-refractivity contribution in [2.75, 3.05) is 24.3 Å². The molecule has 0 fully saturated rings. The third-order valence-corrected chi connectivity index (χ3v) is 3.77. The summed E-state index contributed by atoms with van der Waals surface area (Å²) in [5, 5.41) is 10.6. The Labute approximate surface area is 153 Å². The van der Waals surface area contributed by atoms with Crippen LogP contribution >= 0.6 is 0 Å². The van der Waals surface area contributed by atoms with Crippen molar-refractivity contribution in [3.8, 4) is 5.69 Å². The van der Waals surface area contributed by atoms with Crippen LogP contribution in [-0.4, -0.2) is 35.0 Å². The van der Waals surface area contributed by atoms with E-state index in [0.717, 1.165) is 12.1 Å². The zero-order valence-electron chi connectivity index (χ0n) is 14.5. The molecule has 140 valence electrons. The first-order valence-electron chi connectivity index (χ1n) is 7.93. The molecule has 0 aliphatic heterocycles. The molecule has 0 saturated carbocycles. The minimum atomic E-state index is -4.51. The summed E-state index contributed by atoms with van der Waals surface area (Å²) in [5.41, 5.74) is 0.266. The summed E-state index contributed by atoms with van der Waals surface area (Å²) in [7, 11) is 3.34. The predicted octanol–water partition coefficient (Wildman–Crippen LogP) is 3.60. The Morgan fingerprint density at radius 1 is 1.11 bits per heavy atom. The second-order valence-electron chi connectivity index (χ2n) is 5.93. The van der Waals surface area contributed by atoms with Crippen LogP contribution in [0.3, 0.4) is 0 Å². The maximum Gasteiger partial charge on any atom is 0.416 e. The van der Waals surface area contributed by atoms with E-state index in [4.69, 9.17) is 0 Å². The van der Waals surface area contributed by atoms with Gasteiger partial charge in [0.2, 0.25) is 0 Å². The lowest BCUT2D eigenvalue weighted by molar-refractivity contribution is -0.137. The van der Waals surface area contributed by atoms with Crippen molar-refractivity contribution in [2.24, 2.45) is 0 Å². The number of nitrogens with one attached hydrogen (secondary N) is 1. The Morgan fingerprint density at radius 2 is 1.81 bits per heavy atom. The highest BCUT2D eigenvalue weighted by Crippen LogP contribution is 2.35. The first-order valence-corrected chi connectivity index (χ1v) is 7.93. The lowest BCUT2D eigenvalue weighted by atomic mass is 10.1. The number of carbonyl (C=O) groups excluding carboxylic acids is 1. The van der Waals surface area contributed by atoms with Crippen molar-refractivity contribution >= 4 is 17.3 Å². The molecule has 0 aliphatic carbocycles. The van der Waals surface area contributed by atoms with Gasteiger partial charge in [-0.15, -0.1) is 5.10 Å². The van der Waals surface area contributed by atoms with E-state index >= 15 is 0 Å². The minimum Gasteiger partial charge on any atom is -0.376 e. The first-order chi connectivity index (χ1) is 12.8. The number of para-hydroxylation sites is 1. The number of amides is 1. The van der Waals surface area contributed by atoms with Crippen LogP contribution in [0.1, 0.15) is 16.1 Å². The molecule has 0 aliphatic rings. The Balaban J connectivity index is 1.88. The summed E-state index contributed by atoms with van der Waals surface area (Å²) in [6, 6.07) is 12.1. The molecular formula is C18H16F3N5O. The van der Waals surface area contributed by atoms with Gasteiger partial charge in [-0.05, 0) is 30.3 Å². The van der Waals surface area contributed by atoms with E-state index in [9.17, 15) is 18.0 Å². The molecule has 0 spiro atoms. The van der Waals surface area contributed by atoms with Gasteiger partial charge in [0, 0.05) is 14.1 Å². The SMILES string of the molecule is CN(C)c1ccc(C(F)(F)F)cc1NC(=O)c1cnn(-c2ccccc2)n1. The Kier molecular flexibility index (Phi) is 4.85. The van der Waals surface area contributed by atoms with Gasteiger partial charge in [0.25, 0.3) is 5.91 Å². The number of benzene rings is 2. The molecule has 3 rings (SSSR count). The largest absolute Gasteiger partial charge is 0.416 e. The fourth-order valence-corrected chi connectivity index (χ4v) is 2.44. The lowest BCUT2D eigenvalue weighted by Gasteiger charge is -2.19. The number of hydrogen-bond acceptors (Lipinski definition) is 4. The van der Waals surface area contributed by atoms with E-state index in [0.29, 0.717) is 11.4 Å². The number of carbonyl (C=O) groups is 1. The number of aromatic nitrogens is 3. The van der Waals surface area contributed by atoms with Gasteiger partial charge in [0.1, 0.15) is 0 Å². The van der Waals surface area contributed by atoms with E-state index in [1.807, 2.05) is 6.07 Å². The normalized spacial score (nSPS) is 11.3. The number of hydrogen-bond donors (Lipinski definition) is 1. The molecular weight excluding hydrogens is 359 g/mol. The van der Waals surface area contributed by atoms with Crippen molar-refractivity contribution in [1.82, 2.24) is 15.0 Å². The fraction of sp³-hybridized carbons (Fsp3) is 0.167. The van der Waals surface area contributed by atoms with Crippen LogP contribution in [-0.2, 0) is 6.18 Å². The zero-order valence-corrected chi connectivity index (χ0v) is 14.5. The summed E-state index contributed by atoms with van der Waals surface area (Å²) < 4.78 is 39.0. The van der Waals surface area contributed by atoms with Gasteiger partial charge in [0.15, 0.2) is 5.69 Å². The van der Waals surface area contributed by atoms with E-state index in [1.54, 1.807) is 43.3 Å². The van der Waals surface area contributed by atoms with Gasteiger partial charge < -0.3 is 10.2 Å². The van der Waals surface area contributed by atoms with E-state index in [2.05, 4.69) is 15.5 Å². The maximum atomic E-state index is 13.0. The van der Waals surface area contributed by atoms with E-state index < -0.39 is 17.6 Å². The van der Waals surface area contributed by atoms with Crippen LogP contribution in [0.2, 0.25) is 0 Å². The summed E-state index contributed by atoms with van der Waals surface area (Å²) in [6.07, 6.45) is -3.26. The Morgan fingerprint density at radius 3 is 2.44 bits per heavy atom. The zero-order chi connectivity index (χ0) is 19.6. The summed E-state index contributed by atoms with van der Waals surface area (Å²) in [4.78, 5) is 15.3. The molecule has 6 nitrogen and oxygen atoms in total. The van der Waals surface area contributed by atoms with Crippen LogP contribution in [0.25, 0.3) is 5.69 Å². The van der Waals surface area contributed by atoms with Gasteiger partial charge in [-0.2, -0.15) is 23.1 Å². The molecule has 2 aromatic carbocycles. The summed E-state index contributed by atoms with van der Waals surface area (Å²) in [5.74, 6) is -0.653. The highest BCUT2D eigenvalue weighted by molar-refractivity contribution is 6.04. The molecule has 0 unspecified atom stereocenters. The summed E-state index contributed by atoms with van der Waals surface area (Å²) >= 11 is 0. The first kappa shape index (κ1) is 18.4. The molecule has 0 bridgehead atoms. The predicted molar refractivity (Wildman–Crippen MR) is 95.1 cm³/mol. The molecule has 1 heterocycles. The van der Waals surface area contributed by atoms with Crippen LogP contribution < -0.4 is 10.2 Å². The molecule has 1 amide bonds. The minimum absolute atomic E-state index is 0.0130. The second-order valence-corrected chi connectivity index (χ2v) is 5.93. The number of alkyl halides is 3. The number of rotatable bonds is 4. The molecule has 1 N–H and O–H groups in total. The smallest absolute Gasteiger partial charge is 0.376 e. The second kappa shape index (κ2) is 7.10. The fourth-order valence-electron chi connectivity index (χ4n) is 2.44. The van der Waals surface area contributed by atoms with Gasteiger partial charge in [-0.25, -0.2) is 0 Å². The molecule has 0 saturated heterocycles. The van der Waals surface area contributed by atoms with Crippen molar-refractivity contribution in [3.05, 3.63) is 66.0 Å². The topological polar surface area (TPSA) is 63.1 Å². The van der Waals surface area contributed by atoms with Gasteiger partial charge in [-0.1, -0.05) is 18.2 Å². The molecule has 3 aromatic rings. The molecule has 9 heteroatoms. The number of halogens is 3. The average molecular weight is 375 g/mol. The Bertz CT molecular complexity index is 951. The van der Waals surface area contributed by atoms with Crippen LogP contribution in [0.15, 0.2) is 54.7 Å². The molecule has 27 heavy (non-hydrogen) atoms. The molecule has 1 aromatic heterocycles. The number of anilines is 2. The standard InChI is InChI=1S/C18H16F3N5O/c1-25(2)16-9-8-12(18(19,20)21)10-14(16)23-17(27)15-11-22-26(24-15)13-6-4-3-5-7-13/h3-11H,1-2H3,(H,23,27). The van der Waals surface area contributed by atoms with Crippen molar-refractivity contribution in [3.63, 3.8) is 0 Å². The van der Waals surface area contributed by atoms with Crippen LogP contribution in [0, 0.1) is 0 Å². The average Bonchev–Trinajstić information content (AvgIpc) is 3.12. The van der Waals surface area contributed by atoms with Crippen molar-refractivity contribution < 1.29 is 18.0 Å². The monoisotopic (exact) mass is 375 g/mol. The quantitative estimate of drug-likeness (QED) is 0.757. The van der Waals surface area contributed by atoms with Gasteiger partial charge in [0.05, 0.1) is 28.8 Å². The third-order valence-electron chi connectivity index (χ3n) is 3.77. The van der Waals surface area contributed by atoms with Crippen molar-refractivity contribution in [2.45, 2.75) is 6.18 Å². The summed E-state index contributed by atoms with van der Waals surface area (Å²) in [6.45, 7) is 0. The maximum absolute atomic E-state index is 13.0. The highest BCUT2D eigenvalue weighted by atomic mass is 19.4. The number of nitrogens with zero attached hydrogens (tertiary/aromatic N) is 4. The van der Waals surface area contributed by atoms with Crippen molar-refractivity contribution in [1.29, 1.82) is 0 Å². The van der Waals surface area contributed by atoms with Crippen LogP contribution in [0.5, 0.6) is 0 Å². The third kappa shape index (κ3) is 4.08. The molecule has 0 radical (unpaired) electrons. The van der Waals surface area contributed by atoms with E-state index in [-0.39, 0.29) is 11.4 Å². The van der Waals surface area contributed by atoms with E-state index in [1.165, 1.54) is 17.1 Å². The van der Waals surface area contributed by atoms with Gasteiger partial charge in [-0.3, -0.25) is 4.79 Å². The Hall–Kier alpha value is -3.36. The van der Waals surface area contributed by atoms with Gasteiger partial charge >= 0.3 is 6.18 Å². The highest BCUT2D eigenvalue weighted by Gasteiger charge is 2.31. The van der Waals surface area contributed by atoms with Crippen LogP contribution in [0.4, 0.5) is 24.5 Å². The molecule has 0 atom stereocenters. The lowest BCUT2D eigenvalue weighted by Crippen LogP contribution is -2.18.